The summed E-state index contributed by atoms with van der Waals surface area (Å²) in [6.45, 7) is 3.67. The molecule has 0 aliphatic carbocycles. The van der Waals surface area contributed by atoms with E-state index in [1.165, 1.54) is 0 Å². The summed E-state index contributed by atoms with van der Waals surface area (Å²) in [5.41, 5.74) is 6.53. The smallest absolute Gasteiger partial charge is 0.320 e. The maximum absolute atomic E-state index is 12.2. The van der Waals surface area contributed by atoms with Crippen molar-refractivity contribution in [3.05, 3.63) is 29.8 Å². The molecular formula is C18H25N3O5. The summed E-state index contributed by atoms with van der Waals surface area (Å²) in [5.74, 6) is -0.718. The fourth-order valence-electron chi connectivity index (χ4n) is 2.64. The van der Waals surface area contributed by atoms with E-state index in [1.54, 1.807) is 9.80 Å². The average molecular weight is 363 g/mol. The number of carboxylic acids is 1. The Morgan fingerprint density at radius 1 is 1.08 bits per heavy atom. The van der Waals surface area contributed by atoms with Crippen LogP contribution in [-0.2, 0) is 14.4 Å². The van der Waals surface area contributed by atoms with E-state index in [9.17, 15) is 14.4 Å². The SMILES string of the molecule is Cc1ccc(OCC(=O)N2CCN(C(=O)CC[C@H](N)C(=O)O)CC2)cc1. The Balaban J connectivity index is 1.71. The summed E-state index contributed by atoms with van der Waals surface area (Å²) in [5, 5.41) is 8.74. The van der Waals surface area contributed by atoms with E-state index in [0.717, 1.165) is 5.56 Å². The molecule has 1 aliphatic heterocycles. The van der Waals surface area contributed by atoms with Crippen molar-refractivity contribution in [3.8, 4) is 5.75 Å². The van der Waals surface area contributed by atoms with Gasteiger partial charge in [-0.25, -0.2) is 0 Å². The molecule has 0 saturated carbocycles. The van der Waals surface area contributed by atoms with E-state index in [1.807, 2.05) is 31.2 Å². The van der Waals surface area contributed by atoms with Crippen LogP contribution in [-0.4, -0.2) is 71.5 Å². The highest BCUT2D eigenvalue weighted by atomic mass is 16.5. The molecule has 26 heavy (non-hydrogen) atoms. The van der Waals surface area contributed by atoms with Crippen LogP contribution < -0.4 is 10.5 Å². The predicted octanol–water partition coefficient (Wildman–Crippen LogP) is 0.237. The topological polar surface area (TPSA) is 113 Å². The molecule has 0 spiro atoms. The minimum Gasteiger partial charge on any atom is -0.484 e. The lowest BCUT2D eigenvalue weighted by molar-refractivity contribution is -0.141. The van der Waals surface area contributed by atoms with Crippen LogP contribution in [0.4, 0.5) is 0 Å². The fraction of sp³-hybridized carbons (Fsp3) is 0.500. The van der Waals surface area contributed by atoms with Crippen LogP contribution in [0.2, 0.25) is 0 Å². The van der Waals surface area contributed by atoms with Gasteiger partial charge in [-0.15, -0.1) is 0 Å². The average Bonchev–Trinajstić information content (AvgIpc) is 2.65. The largest absolute Gasteiger partial charge is 0.484 e. The predicted molar refractivity (Wildman–Crippen MR) is 94.7 cm³/mol. The van der Waals surface area contributed by atoms with Gasteiger partial charge in [0.25, 0.3) is 5.91 Å². The van der Waals surface area contributed by atoms with Crippen LogP contribution in [0.5, 0.6) is 5.75 Å². The van der Waals surface area contributed by atoms with Crippen LogP contribution >= 0.6 is 0 Å². The van der Waals surface area contributed by atoms with Gasteiger partial charge in [0.2, 0.25) is 5.91 Å². The Labute approximate surface area is 152 Å². The van der Waals surface area contributed by atoms with Gasteiger partial charge in [0.1, 0.15) is 11.8 Å². The van der Waals surface area contributed by atoms with Crippen LogP contribution in [0.25, 0.3) is 0 Å². The first-order valence-corrected chi connectivity index (χ1v) is 8.60. The van der Waals surface area contributed by atoms with Crippen LogP contribution in [0.1, 0.15) is 18.4 Å². The highest BCUT2D eigenvalue weighted by Gasteiger charge is 2.25. The third-order valence-corrected chi connectivity index (χ3v) is 4.35. The molecule has 2 amide bonds. The number of hydrogen-bond acceptors (Lipinski definition) is 5. The number of nitrogens with zero attached hydrogens (tertiary/aromatic N) is 2. The van der Waals surface area contributed by atoms with Crippen molar-refractivity contribution in [2.75, 3.05) is 32.8 Å². The summed E-state index contributed by atoms with van der Waals surface area (Å²) in [7, 11) is 0. The zero-order valence-corrected chi connectivity index (χ0v) is 14.9. The molecule has 1 fully saturated rings. The first kappa shape index (κ1) is 19.7. The van der Waals surface area contributed by atoms with Crippen molar-refractivity contribution in [2.45, 2.75) is 25.8 Å². The maximum Gasteiger partial charge on any atom is 0.320 e. The molecule has 1 aliphatic rings. The third-order valence-electron chi connectivity index (χ3n) is 4.35. The van der Waals surface area contributed by atoms with Gasteiger partial charge in [-0.1, -0.05) is 17.7 Å². The van der Waals surface area contributed by atoms with Gasteiger partial charge in [-0.3, -0.25) is 14.4 Å². The van der Waals surface area contributed by atoms with Crippen LogP contribution in [0.3, 0.4) is 0 Å². The van der Waals surface area contributed by atoms with E-state index in [2.05, 4.69) is 0 Å². The number of carboxylic acid groups (broad SMARTS) is 1. The van der Waals surface area contributed by atoms with Gasteiger partial charge < -0.3 is 25.4 Å². The second-order valence-electron chi connectivity index (χ2n) is 6.35. The molecule has 3 N–H and O–H groups in total. The standard InChI is InChI=1S/C18H25N3O5/c1-13-2-4-14(5-3-13)26-12-17(23)21-10-8-20(9-11-21)16(22)7-6-15(19)18(24)25/h2-5,15H,6-12,19H2,1H3,(H,24,25)/t15-/m0/s1. The monoisotopic (exact) mass is 363 g/mol. The summed E-state index contributed by atoms with van der Waals surface area (Å²) < 4.78 is 5.50. The van der Waals surface area contributed by atoms with Crippen LogP contribution in [0, 0.1) is 6.92 Å². The Hall–Kier alpha value is -2.61. The highest BCUT2D eigenvalue weighted by molar-refractivity contribution is 5.80. The molecule has 8 heteroatoms. The zero-order chi connectivity index (χ0) is 19.1. The van der Waals surface area contributed by atoms with Crippen molar-refractivity contribution in [3.63, 3.8) is 0 Å². The summed E-state index contributed by atoms with van der Waals surface area (Å²) in [6, 6.07) is 6.45. The van der Waals surface area contributed by atoms with Gasteiger partial charge in [0.05, 0.1) is 0 Å². The lowest BCUT2D eigenvalue weighted by Gasteiger charge is -2.34. The maximum atomic E-state index is 12.2. The number of rotatable bonds is 7. The van der Waals surface area contributed by atoms with Crippen molar-refractivity contribution in [2.24, 2.45) is 5.73 Å². The van der Waals surface area contributed by atoms with Crippen LogP contribution in [0.15, 0.2) is 24.3 Å². The second kappa shape index (κ2) is 9.19. The number of nitrogens with two attached hydrogens (primary N) is 1. The Kier molecular flexibility index (Phi) is 6.97. The van der Waals surface area contributed by atoms with E-state index >= 15 is 0 Å². The Morgan fingerprint density at radius 2 is 1.62 bits per heavy atom. The molecular weight excluding hydrogens is 338 g/mol. The van der Waals surface area contributed by atoms with Crippen molar-refractivity contribution in [1.82, 2.24) is 9.80 Å². The summed E-state index contributed by atoms with van der Waals surface area (Å²) in [4.78, 5) is 38.3. The van der Waals surface area contributed by atoms with Gasteiger partial charge in [-0.2, -0.15) is 0 Å². The number of carbonyl (C=O) groups excluding carboxylic acids is 2. The quantitative estimate of drug-likeness (QED) is 0.717. The summed E-state index contributed by atoms with van der Waals surface area (Å²) >= 11 is 0. The fourth-order valence-corrected chi connectivity index (χ4v) is 2.64. The molecule has 0 bridgehead atoms. The van der Waals surface area contributed by atoms with Crippen molar-refractivity contribution >= 4 is 17.8 Å². The van der Waals surface area contributed by atoms with Gasteiger partial charge in [0.15, 0.2) is 6.61 Å². The lowest BCUT2D eigenvalue weighted by atomic mass is 10.1. The number of aryl methyl sites for hydroxylation is 1. The molecule has 1 aromatic carbocycles. The van der Waals surface area contributed by atoms with Gasteiger partial charge in [0, 0.05) is 32.6 Å². The number of hydrogen-bond donors (Lipinski definition) is 2. The number of piperazine rings is 1. The second-order valence-corrected chi connectivity index (χ2v) is 6.35. The number of amides is 2. The van der Waals surface area contributed by atoms with E-state index in [0.29, 0.717) is 31.9 Å². The molecule has 1 heterocycles. The van der Waals surface area contributed by atoms with E-state index in [-0.39, 0.29) is 31.3 Å². The van der Waals surface area contributed by atoms with Crippen molar-refractivity contribution in [1.29, 1.82) is 0 Å². The molecule has 1 aromatic rings. The minimum atomic E-state index is -1.11. The first-order valence-electron chi connectivity index (χ1n) is 8.60. The molecule has 2 rings (SSSR count). The lowest BCUT2D eigenvalue weighted by Crippen LogP contribution is -2.51. The van der Waals surface area contributed by atoms with Crippen molar-refractivity contribution < 1.29 is 24.2 Å². The normalized spacial score (nSPS) is 15.5. The Bertz CT molecular complexity index is 639. The minimum absolute atomic E-state index is 0.0372. The van der Waals surface area contributed by atoms with E-state index in [4.69, 9.17) is 15.6 Å². The first-order chi connectivity index (χ1) is 12.4. The number of benzene rings is 1. The van der Waals surface area contributed by atoms with Gasteiger partial charge in [-0.05, 0) is 25.5 Å². The Morgan fingerprint density at radius 3 is 2.15 bits per heavy atom. The number of ether oxygens (including phenoxy) is 1. The molecule has 0 aromatic heterocycles. The molecule has 0 radical (unpaired) electrons. The zero-order valence-electron chi connectivity index (χ0n) is 14.9. The highest BCUT2D eigenvalue weighted by Crippen LogP contribution is 2.12. The molecule has 142 valence electrons. The number of aliphatic carboxylic acids is 1. The molecule has 0 unspecified atom stereocenters. The summed E-state index contributed by atoms with van der Waals surface area (Å²) in [6.07, 6.45) is 0.204. The molecule has 1 saturated heterocycles. The molecule has 8 nitrogen and oxygen atoms in total. The number of carbonyl (C=O) groups is 3. The van der Waals surface area contributed by atoms with Gasteiger partial charge >= 0.3 is 5.97 Å². The third kappa shape index (κ3) is 5.73. The van der Waals surface area contributed by atoms with E-state index < -0.39 is 12.0 Å². The molecule has 1 atom stereocenters.